The van der Waals surface area contributed by atoms with Crippen LogP contribution in [-0.4, -0.2) is 6.16 Å². The standard InChI is InChI=1S/C17H17P/c1-3-15(2)14-18(16-10-6-4-7-11-16)17-12-8-5-9-13-17/h3-13H,1-2,14H2. The summed E-state index contributed by atoms with van der Waals surface area (Å²) in [6.07, 6.45) is 2.84. The smallest absolute Gasteiger partial charge is 0.000135 e. The molecule has 0 atom stereocenters. The molecule has 0 saturated carbocycles. The van der Waals surface area contributed by atoms with Crippen LogP contribution in [0.2, 0.25) is 0 Å². The van der Waals surface area contributed by atoms with Crippen LogP contribution in [0.3, 0.4) is 0 Å². The van der Waals surface area contributed by atoms with Gasteiger partial charge in [-0.15, -0.1) is 0 Å². The number of hydrogen-bond acceptors (Lipinski definition) is 0. The summed E-state index contributed by atoms with van der Waals surface area (Å²) in [5.74, 6) is 0. The van der Waals surface area contributed by atoms with Crippen molar-refractivity contribution < 1.29 is 0 Å². The highest BCUT2D eigenvalue weighted by atomic mass is 31.1. The molecule has 0 nitrogen and oxygen atoms in total. The largest absolute Gasteiger partial charge is 0.0988 e. The lowest BCUT2D eigenvalue weighted by atomic mass is 10.3. The van der Waals surface area contributed by atoms with Crippen molar-refractivity contribution >= 4 is 18.5 Å². The highest BCUT2D eigenvalue weighted by molar-refractivity contribution is 7.73. The Bertz CT molecular complexity index is 474. The topological polar surface area (TPSA) is 0 Å². The first-order valence-corrected chi connectivity index (χ1v) is 7.52. The molecule has 0 fully saturated rings. The Balaban J connectivity index is 2.35. The Morgan fingerprint density at radius 1 is 0.889 bits per heavy atom. The van der Waals surface area contributed by atoms with Gasteiger partial charge in [-0.05, 0) is 18.5 Å². The fourth-order valence-corrected chi connectivity index (χ4v) is 4.08. The van der Waals surface area contributed by atoms with E-state index in [0.717, 1.165) is 11.7 Å². The minimum absolute atomic E-state index is 0.367. The fourth-order valence-electron chi connectivity index (χ4n) is 1.82. The predicted octanol–water partition coefficient (Wildman–Crippen LogP) is 3.86. The van der Waals surface area contributed by atoms with Gasteiger partial charge in [0.25, 0.3) is 0 Å². The molecular weight excluding hydrogens is 235 g/mol. The molecule has 0 aromatic heterocycles. The summed E-state index contributed by atoms with van der Waals surface area (Å²) in [6.45, 7) is 7.87. The van der Waals surface area contributed by atoms with Crippen LogP contribution in [0.25, 0.3) is 0 Å². The second-order valence-electron chi connectivity index (χ2n) is 4.12. The third kappa shape index (κ3) is 3.18. The summed E-state index contributed by atoms with van der Waals surface area (Å²) in [5.41, 5.74) is 1.11. The van der Waals surface area contributed by atoms with Crippen molar-refractivity contribution in [3.63, 3.8) is 0 Å². The molecule has 0 bridgehead atoms. The monoisotopic (exact) mass is 252 g/mol. The summed E-state index contributed by atoms with van der Waals surface area (Å²) >= 11 is 0. The maximum absolute atomic E-state index is 4.06. The lowest BCUT2D eigenvalue weighted by molar-refractivity contribution is 1.57. The Morgan fingerprint density at radius 2 is 1.33 bits per heavy atom. The first-order chi connectivity index (χ1) is 8.81. The lowest BCUT2D eigenvalue weighted by Gasteiger charge is -2.18. The number of allylic oxidation sites excluding steroid dienone is 2. The van der Waals surface area contributed by atoms with Crippen molar-refractivity contribution in [1.82, 2.24) is 0 Å². The van der Waals surface area contributed by atoms with Crippen molar-refractivity contribution in [1.29, 1.82) is 0 Å². The molecule has 0 amide bonds. The van der Waals surface area contributed by atoms with Gasteiger partial charge in [0.05, 0.1) is 0 Å². The molecule has 0 aliphatic rings. The fraction of sp³-hybridized carbons (Fsp3) is 0.0588. The highest BCUT2D eigenvalue weighted by Gasteiger charge is 2.13. The Kier molecular flexibility index (Phi) is 4.50. The maximum Gasteiger partial charge on any atom is 0.000135 e. The minimum Gasteiger partial charge on any atom is -0.0988 e. The number of benzene rings is 2. The Morgan fingerprint density at radius 3 is 1.72 bits per heavy atom. The zero-order valence-electron chi connectivity index (χ0n) is 10.4. The summed E-state index contributed by atoms with van der Waals surface area (Å²) in [5, 5.41) is 2.78. The van der Waals surface area contributed by atoms with Crippen molar-refractivity contribution in [3.05, 3.63) is 85.5 Å². The van der Waals surface area contributed by atoms with E-state index < -0.39 is 0 Å². The van der Waals surface area contributed by atoms with Crippen molar-refractivity contribution in [3.8, 4) is 0 Å². The molecule has 0 spiro atoms. The van der Waals surface area contributed by atoms with Crippen LogP contribution < -0.4 is 10.6 Å². The minimum atomic E-state index is -0.367. The maximum atomic E-state index is 4.06. The van der Waals surface area contributed by atoms with E-state index in [4.69, 9.17) is 0 Å². The van der Waals surface area contributed by atoms with Crippen LogP contribution in [-0.2, 0) is 0 Å². The van der Waals surface area contributed by atoms with Gasteiger partial charge in [0.15, 0.2) is 0 Å². The van der Waals surface area contributed by atoms with Crippen LogP contribution in [0.5, 0.6) is 0 Å². The summed E-state index contributed by atoms with van der Waals surface area (Å²) < 4.78 is 0. The van der Waals surface area contributed by atoms with Crippen molar-refractivity contribution in [2.45, 2.75) is 0 Å². The van der Waals surface area contributed by atoms with E-state index in [9.17, 15) is 0 Å². The molecule has 90 valence electrons. The van der Waals surface area contributed by atoms with E-state index in [1.165, 1.54) is 10.6 Å². The van der Waals surface area contributed by atoms with E-state index in [2.05, 4.69) is 73.8 Å². The molecule has 0 saturated heterocycles. The molecule has 2 rings (SSSR count). The molecule has 0 unspecified atom stereocenters. The van der Waals surface area contributed by atoms with Crippen molar-refractivity contribution in [2.24, 2.45) is 0 Å². The highest BCUT2D eigenvalue weighted by Crippen LogP contribution is 2.35. The van der Waals surface area contributed by atoms with Crippen LogP contribution in [0, 0.1) is 0 Å². The number of rotatable bonds is 5. The number of hydrogen-bond donors (Lipinski definition) is 0. The third-order valence-corrected chi connectivity index (χ3v) is 5.35. The van der Waals surface area contributed by atoms with Gasteiger partial charge in [-0.25, -0.2) is 0 Å². The Labute approximate surface area is 110 Å². The van der Waals surface area contributed by atoms with Crippen molar-refractivity contribution in [2.75, 3.05) is 6.16 Å². The van der Waals surface area contributed by atoms with E-state index in [1.807, 2.05) is 6.08 Å². The first kappa shape index (κ1) is 12.8. The van der Waals surface area contributed by atoms with Gasteiger partial charge < -0.3 is 0 Å². The average Bonchev–Trinajstić information content (AvgIpc) is 2.46. The van der Waals surface area contributed by atoms with Crippen LogP contribution in [0.1, 0.15) is 0 Å². The van der Waals surface area contributed by atoms with Gasteiger partial charge in [-0.2, -0.15) is 0 Å². The van der Waals surface area contributed by atoms with Gasteiger partial charge >= 0.3 is 0 Å². The lowest BCUT2D eigenvalue weighted by Crippen LogP contribution is -2.14. The molecule has 2 aromatic carbocycles. The van der Waals surface area contributed by atoms with Crippen LogP contribution in [0.4, 0.5) is 0 Å². The summed E-state index contributed by atoms with van der Waals surface area (Å²) in [7, 11) is -0.367. The Hall–Kier alpha value is -1.65. The van der Waals surface area contributed by atoms with Gasteiger partial charge in [-0.1, -0.05) is 85.5 Å². The molecular formula is C17H17P. The van der Waals surface area contributed by atoms with Gasteiger partial charge in [0, 0.05) is 6.16 Å². The second-order valence-corrected chi connectivity index (χ2v) is 6.32. The third-order valence-electron chi connectivity index (χ3n) is 2.79. The molecule has 18 heavy (non-hydrogen) atoms. The first-order valence-electron chi connectivity index (χ1n) is 5.99. The zero-order valence-corrected chi connectivity index (χ0v) is 11.3. The van der Waals surface area contributed by atoms with E-state index in [0.29, 0.717) is 0 Å². The molecule has 0 N–H and O–H groups in total. The predicted molar refractivity (Wildman–Crippen MR) is 83.3 cm³/mol. The van der Waals surface area contributed by atoms with E-state index in [-0.39, 0.29) is 7.92 Å². The SMILES string of the molecule is C=CC(=C)CP(c1ccccc1)c1ccccc1. The van der Waals surface area contributed by atoms with E-state index >= 15 is 0 Å². The molecule has 0 aliphatic heterocycles. The van der Waals surface area contributed by atoms with Crippen LogP contribution >= 0.6 is 7.92 Å². The normalized spacial score (nSPS) is 10.3. The van der Waals surface area contributed by atoms with Gasteiger partial charge in [-0.3, -0.25) is 0 Å². The van der Waals surface area contributed by atoms with Gasteiger partial charge in [0.1, 0.15) is 0 Å². The quantitative estimate of drug-likeness (QED) is 0.560. The van der Waals surface area contributed by atoms with Gasteiger partial charge in [0.2, 0.25) is 0 Å². The summed E-state index contributed by atoms with van der Waals surface area (Å²) in [4.78, 5) is 0. The second kappa shape index (κ2) is 6.33. The average molecular weight is 252 g/mol. The molecule has 0 aliphatic carbocycles. The zero-order chi connectivity index (χ0) is 12.8. The molecule has 2 aromatic rings. The molecule has 0 radical (unpaired) electrons. The molecule has 1 heteroatoms. The summed E-state index contributed by atoms with van der Waals surface area (Å²) in [6, 6.07) is 21.3. The van der Waals surface area contributed by atoms with Crippen LogP contribution in [0.15, 0.2) is 85.5 Å². The van der Waals surface area contributed by atoms with E-state index in [1.54, 1.807) is 0 Å². The molecule has 0 heterocycles.